The summed E-state index contributed by atoms with van der Waals surface area (Å²) in [5, 5.41) is 20.1. The number of hydrogen-bond donors (Lipinski definition) is 4. The molecule has 8 heteroatoms. The van der Waals surface area contributed by atoms with Crippen LogP contribution in [-0.4, -0.2) is 34.3 Å². The van der Waals surface area contributed by atoms with E-state index in [4.69, 9.17) is 5.21 Å². The van der Waals surface area contributed by atoms with Gasteiger partial charge in [0.05, 0.1) is 14.8 Å². The average Bonchev–Trinajstić information content (AvgIpc) is 2.71. The summed E-state index contributed by atoms with van der Waals surface area (Å²) >= 11 is 4.41. The fourth-order valence-electron chi connectivity index (χ4n) is 1.12. The molecule has 0 unspecified atom stereocenters. The predicted octanol–water partition coefficient (Wildman–Crippen LogP) is 1.13. The minimum atomic E-state index is -1.20. The first-order chi connectivity index (χ1) is 7.95. The molecule has 0 bridgehead atoms. The quantitative estimate of drug-likeness (QED) is 0.488. The second-order valence-corrected chi connectivity index (χ2v) is 5.73. The van der Waals surface area contributed by atoms with Gasteiger partial charge in [-0.15, -0.1) is 11.3 Å². The summed E-state index contributed by atoms with van der Waals surface area (Å²) in [7, 11) is 0. The zero-order valence-corrected chi connectivity index (χ0v) is 11.2. The second-order valence-electron chi connectivity index (χ2n) is 3.27. The number of hydrogen-bond acceptors (Lipinski definition) is 5. The molecule has 2 amide bonds. The third-order valence-corrected chi connectivity index (χ3v) is 3.58. The molecule has 1 rings (SSSR count). The lowest BCUT2D eigenvalue weighted by Crippen LogP contribution is -2.51. The largest absolute Gasteiger partial charge is 0.391 e. The number of aliphatic hydroxyl groups excluding tert-OH is 1. The van der Waals surface area contributed by atoms with Gasteiger partial charge in [-0.2, -0.15) is 0 Å². The molecule has 0 aliphatic carbocycles. The molecule has 6 nitrogen and oxygen atoms in total. The fourth-order valence-corrected chi connectivity index (χ4v) is 2.41. The van der Waals surface area contributed by atoms with E-state index in [2.05, 4.69) is 21.2 Å². The first-order valence-electron chi connectivity index (χ1n) is 4.64. The van der Waals surface area contributed by atoms with Crippen LogP contribution in [0.25, 0.3) is 0 Å². The van der Waals surface area contributed by atoms with E-state index in [0.717, 1.165) is 3.79 Å². The van der Waals surface area contributed by atoms with Crippen LogP contribution in [0, 0.1) is 0 Å². The van der Waals surface area contributed by atoms with Crippen LogP contribution in [0.3, 0.4) is 0 Å². The van der Waals surface area contributed by atoms with E-state index in [1.165, 1.54) is 23.7 Å². The van der Waals surface area contributed by atoms with E-state index < -0.39 is 24.0 Å². The van der Waals surface area contributed by atoms with E-state index in [0.29, 0.717) is 4.88 Å². The maximum absolute atomic E-state index is 11.7. The van der Waals surface area contributed by atoms with E-state index >= 15 is 0 Å². The Morgan fingerprint density at radius 3 is 2.44 bits per heavy atom. The molecule has 0 aliphatic heterocycles. The SMILES string of the molecule is C.C[C@@H](O)[C@H](NC(=O)c1ccc(Br)s1)C(=O)NO. The molecule has 18 heavy (non-hydrogen) atoms. The van der Waals surface area contributed by atoms with Gasteiger partial charge < -0.3 is 10.4 Å². The third kappa shape index (κ3) is 4.37. The van der Waals surface area contributed by atoms with Crippen molar-refractivity contribution in [3.05, 3.63) is 20.8 Å². The average molecular weight is 339 g/mol. The molecule has 0 saturated carbocycles. The molecule has 0 spiro atoms. The van der Waals surface area contributed by atoms with Gasteiger partial charge in [0, 0.05) is 0 Å². The highest BCUT2D eigenvalue weighted by Gasteiger charge is 2.26. The van der Waals surface area contributed by atoms with Gasteiger partial charge in [-0.25, -0.2) is 5.48 Å². The van der Waals surface area contributed by atoms with Crippen LogP contribution in [0.2, 0.25) is 0 Å². The zero-order valence-electron chi connectivity index (χ0n) is 8.81. The van der Waals surface area contributed by atoms with E-state index in [1.54, 1.807) is 12.1 Å². The van der Waals surface area contributed by atoms with Crippen LogP contribution in [0.4, 0.5) is 0 Å². The number of carbonyl (C=O) groups is 2. The van der Waals surface area contributed by atoms with Gasteiger partial charge in [-0.1, -0.05) is 7.43 Å². The van der Waals surface area contributed by atoms with E-state index in [9.17, 15) is 14.7 Å². The van der Waals surface area contributed by atoms with Crippen molar-refractivity contribution in [3.8, 4) is 0 Å². The number of halogens is 1. The molecule has 0 fully saturated rings. The lowest BCUT2D eigenvalue weighted by Gasteiger charge is -2.18. The van der Waals surface area contributed by atoms with Crippen molar-refractivity contribution in [2.45, 2.75) is 26.5 Å². The molecule has 1 aromatic rings. The van der Waals surface area contributed by atoms with E-state index in [-0.39, 0.29) is 7.43 Å². The predicted molar refractivity (Wildman–Crippen MR) is 71.6 cm³/mol. The third-order valence-electron chi connectivity index (χ3n) is 1.96. The Bertz CT molecular complexity index is 422. The van der Waals surface area contributed by atoms with Crippen molar-refractivity contribution in [1.29, 1.82) is 0 Å². The van der Waals surface area contributed by atoms with Gasteiger partial charge in [0.15, 0.2) is 0 Å². The topological polar surface area (TPSA) is 98.7 Å². The molecule has 4 N–H and O–H groups in total. The molecule has 102 valence electrons. The van der Waals surface area contributed by atoms with Crippen LogP contribution >= 0.6 is 27.3 Å². The Balaban J connectivity index is 0.00000289. The van der Waals surface area contributed by atoms with Crippen molar-refractivity contribution in [2.24, 2.45) is 0 Å². The highest BCUT2D eigenvalue weighted by molar-refractivity contribution is 9.11. The molecule has 0 aliphatic rings. The normalized spacial score (nSPS) is 13.1. The van der Waals surface area contributed by atoms with Crippen molar-refractivity contribution in [2.75, 3.05) is 0 Å². The minimum Gasteiger partial charge on any atom is -0.391 e. The van der Waals surface area contributed by atoms with Gasteiger partial charge in [-0.05, 0) is 35.0 Å². The van der Waals surface area contributed by atoms with Gasteiger partial charge >= 0.3 is 0 Å². The lowest BCUT2D eigenvalue weighted by molar-refractivity contribution is -0.133. The molecule has 1 aromatic heterocycles. The number of carbonyl (C=O) groups excluding carboxylic acids is 2. The Kier molecular flexibility index (Phi) is 7.07. The van der Waals surface area contributed by atoms with Crippen molar-refractivity contribution >= 4 is 39.1 Å². The van der Waals surface area contributed by atoms with Crippen molar-refractivity contribution < 1.29 is 19.9 Å². The van der Waals surface area contributed by atoms with Crippen LogP contribution < -0.4 is 10.8 Å². The molecule has 0 aromatic carbocycles. The number of hydroxylamine groups is 1. The summed E-state index contributed by atoms with van der Waals surface area (Å²) < 4.78 is 0.780. The van der Waals surface area contributed by atoms with Gasteiger partial charge in [0.2, 0.25) is 0 Å². The smallest absolute Gasteiger partial charge is 0.268 e. The lowest BCUT2D eigenvalue weighted by atomic mass is 10.1. The second kappa shape index (κ2) is 7.47. The van der Waals surface area contributed by atoms with Crippen LogP contribution in [-0.2, 0) is 4.79 Å². The Labute approximate surface area is 117 Å². The Morgan fingerprint density at radius 1 is 1.44 bits per heavy atom. The first kappa shape index (κ1) is 17.0. The summed E-state index contributed by atoms with van der Waals surface area (Å²) in [4.78, 5) is 23.3. The number of thiophene rings is 1. The minimum absolute atomic E-state index is 0. The summed E-state index contributed by atoms with van der Waals surface area (Å²) in [6.07, 6.45) is -1.12. The Hall–Kier alpha value is -0.960. The van der Waals surface area contributed by atoms with Crippen LogP contribution in [0.15, 0.2) is 15.9 Å². The Morgan fingerprint density at radius 2 is 2.06 bits per heavy atom. The number of aliphatic hydroxyl groups is 1. The van der Waals surface area contributed by atoms with E-state index in [1.807, 2.05) is 0 Å². The monoisotopic (exact) mass is 338 g/mol. The van der Waals surface area contributed by atoms with Gasteiger partial charge in [0.1, 0.15) is 6.04 Å². The maximum Gasteiger partial charge on any atom is 0.268 e. The molecular weight excluding hydrogens is 324 g/mol. The molecule has 0 saturated heterocycles. The first-order valence-corrected chi connectivity index (χ1v) is 6.25. The number of rotatable bonds is 4. The maximum atomic E-state index is 11.7. The standard InChI is InChI=1S/C9H11BrN2O4S.CH4/c1-4(13)7(9(15)12-16)11-8(14)5-2-3-6(10)17-5;/h2-4,7,13,16H,1H3,(H,11,14)(H,12,15);1H4/t4-,7+;/m1./s1. The highest BCUT2D eigenvalue weighted by atomic mass is 79.9. The summed E-state index contributed by atoms with van der Waals surface area (Å²) in [6.45, 7) is 1.34. The van der Waals surface area contributed by atoms with Crippen LogP contribution in [0.1, 0.15) is 24.0 Å². The van der Waals surface area contributed by atoms with Crippen LogP contribution in [0.5, 0.6) is 0 Å². The fraction of sp³-hybridized carbons (Fsp3) is 0.400. The summed E-state index contributed by atoms with van der Waals surface area (Å²) in [6, 6.07) is 2.08. The molecule has 0 radical (unpaired) electrons. The summed E-state index contributed by atoms with van der Waals surface area (Å²) in [5.41, 5.74) is 1.39. The van der Waals surface area contributed by atoms with Crippen molar-refractivity contribution in [3.63, 3.8) is 0 Å². The summed E-state index contributed by atoms with van der Waals surface area (Å²) in [5.74, 6) is -1.36. The zero-order chi connectivity index (χ0) is 13.0. The highest BCUT2D eigenvalue weighted by Crippen LogP contribution is 2.21. The van der Waals surface area contributed by atoms with Crippen molar-refractivity contribution in [1.82, 2.24) is 10.8 Å². The number of nitrogens with one attached hydrogen (secondary N) is 2. The molecule has 2 atom stereocenters. The number of amides is 2. The molecule has 1 heterocycles. The molecular formula is C10H15BrN2O4S. The van der Waals surface area contributed by atoms with Gasteiger partial charge in [-0.3, -0.25) is 14.8 Å². The van der Waals surface area contributed by atoms with Gasteiger partial charge in [0.25, 0.3) is 11.8 Å².